The van der Waals surface area contributed by atoms with Crippen LogP contribution in [0.2, 0.25) is 5.02 Å². The molecule has 0 aliphatic carbocycles. The van der Waals surface area contributed by atoms with Crippen LogP contribution in [-0.4, -0.2) is 40.0 Å². The zero-order valence-corrected chi connectivity index (χ0v) is 13.8. The smallest absolute Gasteiger partial charge is 0.244 e. The number of hydrogen-bond donors (Lipinski definition) is 1. The van der Waals surface area contributed by atoms with Gasteiger partial charge in [0, 0.05) is 19.7 Å². The third-order valence-electron chi connectivity index (χ3n) is 3.03. The third-order valence-corrected chi connectivity index (χ3v) is 5.31. The van der Waals surface area contributed by atoms with Crippen LogP contribution in [0.15, 0.2) is 23.1 Å². The molecule has 0 bridgehead atoms. The van der Waals surface area contributed by atoms with E-state index in [1.807, 2.05) is 13.8 Å². The molecule has 0 aliphatic rings. The van der Waals surface area contributed by atoms with Crippen LogP contribution >= 0.6 is 11.6 Å². The van der Waals surface area contributed by atoms with Crippen molar-refractivity contribution in [3.05, 3.63) is 23.2 Å². The molecule has 1 aromatic rings. The number of hydrogen-bond acceptors (Lipinski definition) is 4. The largest absolute Gasteiger partial charge is 0.497 e. The molecular formula is C13H21ClN2O3S. The van der Waals surface area contributed by atoms with E-state index >= 15 is 0 Å². The molecule has 5 nitrogen and oxygen atoms in total. The molecule has 2 N–H and O–H groups in total. The first kappa shape index (κ1) is 17.2. The van der Waals surface area contributed by atoms with E-state index in [4.69, 9.17) is 22.1 Å². The lowest BCUT2D eigenvalue weighted by atomic mass is 9.94. The molecule has 0 atom stereocenters. The minimum Gasteiger partial charge on any atom is -0.497 e. The summed E-state index contributed by atoms with van der Waals surface area (Å²) in [7, 11) is -0.690. The molecule has 0 saturated heterocycles. The van der Waals surface area contributed by atoms with Crippen molar-refractivity contribution in [3.8, 4) is 5.75 Å². The van der Waals surface area contributed by atoms with Crippen molar-refractivity contribution < 1.29 is 13.2 Å². The third kappa shape index (κ3) is 3.85. The molecule has 0 aromatic heterocycles. The van der Waals surface area contributed by atoms with Crippen molar-refractivity contribution >= 4 is 21.6 Å². The second-order valence-electron chi connectivity index (χ2n) is 5.43. The Balaban J connectivity index is 3.16. The van der Waals surface area contributed by atoms with Gasteiger partial charge in [0.1, 0.15) is 10.6 Å². The predicted molar refractivity (Wildman–Crippen MR) is 80.7 cm³/mol. The number of sulfonamides is 1. The predicted octanol–water partition coefficient (Wildman–Crippen LogP) is 1.95. The lowest BCUT2D eigenvalue weighted by Gasteiger charge is -2.28. The van der Waals surface area contributed by atoms with E-state index in [0.717, 1.165) is 0 Å². The Bertz CT molecular complexity index is 573. The molecule has 0 aliphatic heterocycles. The van der Waals surface area contributed by atoms with Gasteiger partial charge in [-0.05, 0) is 24.1 Å². The minimum atomic E-state index is -3.68. The molecule has 0 amide bonds. The first-order valence-electron chi connectivity index (χ1n) is 6.14. The summed E-state index contributed by atoms with van der Waals surface area (Å²) in [6, 6.07) is 4.55. The van der Waals surface area contributed by atoms with Crippen molar-refractivity contribution in [2.45, 2.75) is 18.7 Å². The van der Waals surface area contributed by atoms with Crippen LogP contribution in [0, 0.1) is 5.41 Å². The van der Waals surface area contributed by atoms with Crippen LogP contribution in [-0.2, 0) is 10.0 Å². The quantitative estimate of drug-likeness (QED) is 0.869. The standard InChI is InChI=1S/C13H21ClN2O3S/c1-13(2,8-15)9-16(3)20(17,18)12-7-10(19-4)5-6-11(12)14/h5-7H,8-9,15H2,1-4H3. The van der Waals surface area contributed by atoms with Crippen LogP contribution in [0.1, 0.15) is 13.8 Å². The Kier molecular flexibility index (Phi) is 5.43. The van der Waals surface area contributed by atoms with Gasteiger partial charge < -0.3 is 10.5 Å². The molecule has 20 heavy (non-hydrogen) atoms. The lowest BCUT2D eigenvalue weighted by Crippen LogP contribution is -2.39. The highest BCUT2D eigenvalue weighted by atomic mass is 35.5. The second-order valence-corrected chi connectivity index (χ2v) is 7.85. The van der Waals surface area contributed by atoms with Crippen molar-refractivity contribution in [3.63, 3.8) is 0 Å². The number of methoxy groups -OCH3 is 1. The maximum Gasteiger partial charge on any atom is 0.244 e. The van der Waals surface area contributed by atoms with Gasteiger partial charge in [-0.25, -0.2) is 12.7 Å². The molecule has 7 heteroatoms. The van der Waals surface area contributed by atoms with E-state index in [1.54, 1.807) is 6.07 Å². The summed E-state index contributed by atoms with van der Waals surface area (Å²) in [5, 5.41) is 0.170. The van der Waals surface area contributed by atoms with E-state index in [-0.39, 0.29) is 15.3 Å². The number of benzene rings is 1. The number of nitrogens with zero attached hydrogens (tertiary/aromatic N) is 1. The number of ether oxygens (including phenoxy) is 1. The molecule has 0 fully saturated rings. The second kappa shape index (κ2) is 6.30. The summed E-state index contributed by atoms with van der Waals surface area (Å²) in [5.74, 6) is 0.444. The SMILES string of the molecule is COc1ccc(Cl)c(S(=O)(=O)N(C)CC(C)(C)CN)c1. The molecule has 0 spiro atoms. The molecule has 0 saturated carbocycles. The van der Waals surface area contributed by atoms with Crippen LogP contribution < -0.4 is 10.5 Å². The zero-order chi connectivity index (χ0) is 15.6. The highest BCUT2D eigenvalue weighted by Gasteiger charge is 2.29. The molecule has 1 rings (SSSR count). The van der Waals surface area contributed by atoms with E-state index < -0.39 is 10.0 Å². The summed E-state index contributed by atoms with van der Waals surface area (Å²) in [4.78, 5) is 0.0360. The normalized spacial score (nSPS) is 12.8. The van der Waals surface area contributed by atoms with Gasteiger partial charge in [0.05, 0.1) is 12.1 Å². The maximum atomic E-state index is 12.6. The van der Waals surface area contributed by atoms with Gasteiger partial charge in [-0.3, -0.25) is 0 Å². The minimum absolute atomic E-state index is 0.0360. The molecule has 114 valence electrons. The Morgan fingerprint density at radius 1 is 1.40 bits per heavy atom. The summed E-state index contributed by atoms with van der Waals surface area (Å²) in [5.41, 5.74) is 5.33. The lowest BCUT2D eigenvalue weighted by molar-refractivity contribution is 0.292. The first-order valence-corrected chi connectivity index (χ1v) is 7.96. The van der Waals surface area contributed by atoms with Crippen molar-refractivity contribution in [1.82, 2.24) is 4.31 Å². The fourth-order valence-corrected chi connectivity index (χ4v) is 3.57. The Morgan fingerprint density at radius 2 is 2.00 bits per heavy atom. The molecular weight excluding hydrogens is 300 g/mol. The highest BCUT2D eigenvalue weighted by molar-refractivity contribution is 7.89. The van der Waals surface area contributed by atoms with Crippen molar-refractivity contribution in [2.75, 3.05) is 27.2 Å². The summed E-state index contributed by atoms with van der Waals surface area (Å²) >= 11 is 6.00. The van der Waals surface area contributed by atoms with E-state index in [0.29, 0.717) is 18.8 Å². The zero-order valence-electron chi connectivity index (χ0n) is 12.2. The van der Waals surface area contributed by atoms with E-state index in [9.17, 15) is 8.42 Å². The topological polar surface area (TPSA) is 72.6 Å². The highest BCUT2D eigenvalue weighted by Crippen LogP contribution is 2.29. The molecule has 0 unspecified atom stereocenters. The first-order chi connectivity index (χ1) is 9.14. The molecule has 0 heterocycles. The van der Waals surface area contributed by atoms with Crippen LogP contribution in [0.3, 0.4) is 0 Å². The fourth-order valence-electron chi connectivity index (χ4n) is 1.73. The van der Waals surface area contributed by atoms with Gasteiger partial charge >= 0.3 is 0 Å². The van der Waals surface area contributed by atoms with Gasteiger partial charge in [0.25, 0.3) is 0 Å². The monoisotopic (exact) mass is 320 g/mol. The van der Waals surface area contributed by atoms with Gasteiger partial charge in [-0.1, -0.05) is 25.4 Å². The van der Waals surface area contributed by atoms with Crippen LogP contribution in [0.25, 0.3) is 0 Å². The van der Waals surface area contributed by atoms with Gasteiger partial charge in [0.15, 0.2) is 0 Å². The van der Waals surface area contributed by atoms with Gasteiger partial charge in [0.2, 0.25) is 10.0 Å². The van der Waals surface area contributed by atoms with Gasteiger partial charge in [-0.15, -0.1) is 0 Å². The van der Waals surface area contributed by atoms with E-state index in [1.165, 1.54) is 30.6 Å². The number of rotatable bonds is 6. The average molecular weight is 321 g/mol. The number of nitrogens with two attached hydrogens (primary N) is 1. The number of halogens is 1. The fraction of sp³-hybridized carbons (Fsp3) is 0.538. The Hall–Kier alpha value is -0.820. The van der Waals surface area contributed by atoms with Gasteiger partial charge in [-0.2, -0.15) is 0 Å². The van der Waals surface area contributed by atoms with Crippen molar-refractivity contribution in [2.24, 2.45) is 11.1 Å². The maximum absolute atomic E-state index is 12.6. The van der Waals surface area contributed by atoms with Crippen molar-refractivity contribution in [1.29, 1.82) is 0 Å². The summed E-state index contributed by atoms with van der Waals surface area (Å²) in [6.07, 6.45) is 0. The van der Waals surface area contributed by atoms with E-state index in [2.05, 4.69) is 0 Å². The Morgan fingerprint density at radius 3 is 2.50 bits per heavy atom. The summed E-state index contributed by atoms with van der Waals surface area (Å²) < 4.78 is 31.4. The van der Waals surface area contributed by atoms with Crippen LogP contribution in [0.5, 0.6) is 5.75 Å². The molecule has 1 aromatic carbocycles. The Labute approximate surface area is 125 Å². The summed E-state index contributed by atoms with van der Waals surface area (Å²) in [6.45, 7) is 4.51. The van der Waals surface area contributed by atoms with Crippen LogP contribution in [0.4, 0.5) is 0 Å². The average Bonchev–Trinajstić information content (AvgIpc) is 2.38. The molecule has 0 radical (unpaired) electrons.